The second kappa shape index (κ2) is 5.42. The molecular formula is C12H13N3O3. The Labute approximate surface area is 104 Å². The van der Waals surface area contributed by atoms with Crippen LogP contribution >= 0.6 is 0 Å². The quantitative estimate of drug-likeness (QED) is 0.834. The number of nitrogens with one attached hydrogen (secondary N) is 1. The Balaban J connectivity index is 1.93. The van der Waals surface area contributed by atoms with Gasteiger partial charge in [0.05, 0.1) is 12.2 Å². The summed E-state index contributed by atoms with van der Waals surface area (Å²) in [4.78, 5) is 14.8. The van der Waals surface area contributed by atoms with Crippen molar-refractivity contribution < 1.29 is 14.4 Å². The van der Waals surface area contributed by atoms with Crippen molar-refractivity contribution in [3.8, 4) is 0 Å². The van der Waals surface area contributed by atoms with Crippen molar-refractivity contribution in [2.75, 3.05) is 0 Å². The summed E-state index contributed by atoms with van der Waals surface area (Å²) in [6, 6.07) is 7.13. The lowest BCUT2D eigenvalue weighted by Gasteiger charge is -2.11. The van der Waals surface area contributed by atoms with E-state index < -0.39 is 5.97 Å². The molecular weight excluding hydrogens is 234 g/mol. The van der Waals surface area contributed by atoms with E-state index in [1.54, 1.807) is 6.20 Å². The van der Waals surface area contributed by atoms with Crippen LogP contribution in [0.5, 0.6) is 0 Å². The highest BCUT2D eigenvalue weighted by atomic mass is 16.5. The van der Waals surface area contributed by atoms with Gasteiger partial charge in [0.1, 0.15) is 0 Å². The molecule has 2 aromatic rings. The molecule has 0 saturated heterocycles. The first-order valence-electron chi connectivity index (χ1n) is 5.50. The van der Waals surface area contributed by atoms with Crippen LogP contribution in [-0.4, -0.2) is 21.2 Å². The summed E-state index contributed by atoms with van der Waals surface area (Å²) in [5, 5.41) is 15.3. The third kappa shape index (κ3) is 2.92. The lowest BCUT2D eigenvalue weighted by atomic mass is 10.2. The number of carbonyl (C=O) groups is 1. The van der Waals surface area contributed by atoms with Crippen LogP contribution in [0.4, 0.5) is 0 Å². The van der Waals surface area contributed by atoms with E-state index in [2.05, 4.69) is 15.5 Å². The zero-order chi connectivity index (χ0) is 13.0. The van der Waals surface area contributed by atoms with Gasteiger partial charge in [-0.3, -0.25) is 4.98 Å². The molecule has 1 atom stereocenters. The minimum atomic E-state index is -1.09. The molecule has 2 heterocycles. The van der Waals surface area contributed by atoms with E-state index in [1.165, 1.54) is 6.07 Å². The third-order valence-corrected chi connectivity index (χ3v) is 2.49. The first-order valence-corrected chi connectivity index (χ1v) is 5.50. The van der Waals surface area contributed by atoms with Gasteiger partial charge in [-0.05, 0) is 19.1 Å². The van der Waals surface area contributed by atoms with Crippen LogP contribution in [0.2, 0.25) is 0 Å². The number of pyridine rings is 1. The molecule has 0 fully saturated rings. The predicted molar refractivity (Wildman–Crippen MR) is 63.0 cm³/mol. The third-order valence-electron chi connectivity index (χ3n) is 2.49. The molecule has 94 valence electrons. The number of hydrogen-bond acceptors (Lipinski definition) is 5. The maximum Gasteiger partial charge on any atom is 0.358 e. The van der Waals surface area contributed by atoms with Crippen LogP contribution in [0.1, 0.15) is 34.9 Å². The Morgan fingerprint density at radius 2 is 2.39 bits per heavy atom. The standard InChI is InChI=1S/C12H13N3O3/c1-8(10-4-2-3-5-13-10)14-7-9-6-11(12(16)17)15-18-9/h2-6,8,14H,7H2,1H3,(H,16,17)/t8-/m1/s1. The zero-order valence-corrected chi connectivity index (χ0v) is 9.83. The highest BCUT2D eigenvalue weighted by molar-refractivity contribution is 5.85. The summed E-state index contributed by atoms with van der Waals surface area (Å²) in [5.74, 6) is -0.613. The van der Waals surface area contributed by atoms with Crippen LogP contribution in [-0.2, 0) is 6.54 Å². The average molecular weight is 247 g/mol. The average Bonchev–Trinajstić information content (AvgIpc) is 2.86. The van der Waals surface area contributed by atoms with Gasteiger partial charge in [0, 0.05) is 18.3 Å². The first kappa shape index (κ1) is 12.3. The fraction of sp³-hybridized carbons (Fsp3) is 0.250. The van der Waals surface area contributed by atoms with Crippen molar-refractivity contribution in [2.45, 2.75) is 19.5 Å². The van der Waals surface area contributed by atoms with Gasteiger partial charge >= 0.3 is 5.97 Å². The van der Waals surface area contributed by atoms with Crippen molar-refractivity contribution in [3.63, 3.8) is 0 Å². The predicted octanol–water partition coefficient (Wildman–Crippen LogP) is 1.62. The normalized spacial score (nSPS) is 12.3. The maximum atomic E-state index is 10.6. The number of hydrogen-bond donors (Lipinski definition) is 2. The molecule has 0 saturated carbocycles. The van der Waals surface area contributed by atoms with Gasteiger partial charge in [-0.2, -0.15) is 0 Å². The summed E-state index contributed by atoms with van der Waals surface area (Å²) in [6.07, 6.45) is 1.73. The van der Waals surface area contributed by atoms with Crippen LogP contribution in [0.15, 0.2) is 35.0 Å². The number of aromatic carboxylic acids is 1. The fourth-order valence-electron chi connectivity index (χ4n) is 1.49. The van der Waals surface area contributed by atoms with E-state index >= 15 is 0 Å². The van der Waals surface area contributed by atoms with Crippen LogP contribution in [0, 0.1) is 0 Å². The molecule has 18 heavy (non-hydrogen) atoms. The van der Waals surface area contributed by atoms with E-state index in [9.17, 15) is 4.79 Å². The lowest BCUT2D eigenvalue weighted by Crippen LogP contribution is -2.18. The second-order valence-corrected chi connectivity index (χ2v) is 3.84. The van der Waals surface area contributed by atoms with Crippen molar-refractivity contribution in [1.29, 1.82) is 0 Å². The minimum Gasteiger partial charge on any atom is -0.476 e. The molecule has 0 amide bonds. The Morgan fingerprint density at radius 1 is 1.56 bits per heavy atom. The number of carboxylic acids is 1. The van der Waals surface area contributed by atoms with E-state index in [0.717, 1.165) is 5.69 Å². The van der Waals surface area contributed by atoms with Crippen molar-refractivity contribution in [3.05, 3.63) is 47.6 Å². The summed E-state index contributed by atoms with van der Waals surface area (Å²) in [7, 11) is 0. The van der Waals surface area contributed by atoms with E-state index in [4.69, 9.17) is 9.63 Å². The minimum absolute atomic E-state index is 0.0459. The smallest absolute Gasteiger partial charge is 0.358 e. The molecule has 0 aliphatic carbocycles. The fourth-order valence-corrected chi connectivity index (χ4v) is 1.49. The monoisotopic (exact) mass is 247 g/mol. The van der Waals surface area contributed by atoms with E-state index in [1.807, 2.05) is 25.1 Å². The molecule has 0 aromatic carbocycles. The van der Waals surface area contributed by atoms with Gasteiger partial charge in [0.25, 0.3) is 0 Å². The molecule has 6 nitrogen and oxygen atoms in total. The highest BCUT2D eigenvalue weighted by Crippen LogP contribution is 2.10. The first-order chi connectivity index (χ1) is 8.66. The summed E-state index contributed by atoms with van der Waals surface area (Å²) in [5.41, 5.74) is 0.827. The van der Waals surface area contributed by atoms with Gasteiger partial charge in [0.2, 0.25) is 0 Å². The number of nitrogens with zero attached hydrogens (tertiary/aromatic N) is 2. The SMILES string of the molecule is C[C@@H](NCc1cc(C(=O)O)no1)c1ccccn1. The van der Waals surface area contributed by atoms with Crippen LogP contribution in [0.25, 0.3) is 0 Å². The Morgan fingerprint density at radius 3 is 3.00 bits per heavy atom. The molecule has 6 heteroatoms. The van der Waals surface area contributed by atoms with Crippen molar-refractivity contribution in [1.82, 2.24) is 15.5 Å². The topological polar surface area (TPSA) is 88.2 Å². The van der Waals surface area contributed by atoms with Crippen molar-refractivity contribution in [2.24, 2.45) is 0 Å². The molecule has 0 aliphatic heterocycles. The molecule has 0 spiro atoms. The molecule has 0 aliphatic rings. The summed E-state index contributed by atoms with van der Waals surface area (Å²) in [6.45, 7) is 2.37. The molecule has 0 unspecified atom stereocenters. The maximum absolute atomic E-state index is 10.6. The molecule has 0 bridgehead atoms. The highest BCUT2D eigenvalue weighted by Gasteiger charge is 2.12. The Kier molecular flexibility index (Phi) is 3.69. The van der Waals surface area contributed by atoms with Gasteiger partial charge in [0.15, 0.2) is 11.5 Å². The molecule has 2 rings (SSSR count). The van der Waals surface area contributed by atoms with Gasteiger partial charge < -0.3 is 14.9 Å². The van der Waals surface area contributed by atoms with Gasteiger partial charge in [-0.1, -0.05) is 11.2 Å². The second-order valence-electron chi connectivity index (χ2n) is 3.84. The number of aromatic nitrogens is 2. The summed E-state index contributed by atoms with van der Waals surface area (Å²) < 4.78 is 4.90. The number of carboxylic acid groups (broad SMARTS) is 1. The lowest BCUT2D eigenvalue weighted by molar-refractivity contribution is 0.0685. The molecule has 2 N–H and O–H groups in total. The van der Waals surface area contributed by atoms with Crippen molar-refractivity contribution >= 4 is 5.97 Å². The Hall–Kier alpha value is -2.21. The molecule has 0 radical (unpaired) electrons. The Bertz CT molecular complexity index is 524. The number of rotatable bonds is 5. The van der Waals surface area contributed by atoms with E-state index in [-0.39, 0.29) is 11.7 Å². The van der Waals surface area contributed by atoms with Gasteiger partial charge in [-0.15, -0.1) is 0 Å². The van der Waals surface area contributed by atoms with Crippen LogP contribution in [0.3, 0.4) is 0 Å². The van der Waals surface area contributed by atoms with Crippen LogP contribution < -0.4 is 5.32 Å². The van der Waals surface area contributed by atoms with Gasteiger partial charge in [-0.25, -0.2) is 4.79 Å². The molecule has 2 aromatic heterocycles. The zero-order valence-electron chi connectivity index (χ0n) is 9.83. The largest absolute Gasteiger partial charge is 0.476 e. The van der Waals surface area contributed by atoms with E-state index in [0.29, 0.717) is 12.3 Å². The summed E-state index contributed by atoms with van der Waals surface area (Å²) >= 11 is 0.